The van der Waals surface area contributed by atoms with E-state index in [1.54, 1.807) is 0 Å². The molecule has 3 aromatic rings. The largest absolute Gasteiger partial charge is 0.490 e. The Morgan fingerprint density at radius 2 is 1.68 bits per heavy atom. The van der Waals surface area contributed by atoms with Crippen LogP contribution in [0.25, 0.3) is 11.1 Å². The molecule has 37 heavy (non-hydrogen) atoms. The summed E-state index contributed by atoms with van der Waals surface area (Å²) in [7, 11) is 1.37. The molecule has 0 aliphatic carbocycles. The van der Waals surface area contributed by atoms with Crippen LogP contribution < -0.4 is 9.47 Å². The van der Waals surface area contributed by atoms with E-state index in [-0.39, 0.29) is 31.7 Å². The minimum absolute atomic E-state index is 0.0110. The molecule has 0 amide bonds. The lowest BCUT2D eigenvalue weighted by Gasteiger charge is -2.21. The Hall–Kier alpha value is -3.39. The number of methoxy groups -OCH3 is 1. The molecule has 3 rings (SSSR count). The summed E-state index contributed by atoms with van der Waals surface area (Å²) >= 11 is 0. The molecule has 0 bridgehead atoms. The molecule has 2 atom stereocenters. The summed E-state index contributed by atoms with van der Waals surface area (Å²) in [5.74, 6) is 0.986. The van der Waals surface area contributed by atoms with Crippen molar-refractivity contribution in [1.82, 2.24) is 0 Å². The van der Waals surface area contributed by atoms with Crippen LogP contribution in [0, 0.1) is 13.8 Å². The molecule has 0 spiro atoms. The van der Waals surface area contributed by atoms with Gasteiger partial charge in [0.2, 0.25) is 0 Å². The summed E-state index contributed by atoms with van der Waals surface area (Å²) in [5, 5.41) is 19.0. The lowest BCUT2D eigenvalue weighted by Crippen LogP contribution is -2.21. The first-order chi connectivity index (χ1) is 17.9. The summed E-state index contributed by atoms with van der Waals surface area (Å²) in [5.41, 5.74) is 5.90. The molecule has 0 heterocycles. The molecule has 0 aliphatic rings. The van der Waals surface area contributed by atoms with E-state index in [9.17, 15) is 15.0 Å². The first-order valence-corrected chi connectivity index (χ1v) is 12.4. The van der Waals surface area contributed by atoms with Crippen molar-refractivity contribution >= 4 is 5.97 Å². The van der Waals surface area contributed by atoms with Gasteiger partial charge in [0.1, 0.15) is 30.8 Å². The first kappa shape index (κ1) is 28.2. The second-order valence-electron chi connectivity index (χ2n) is 8.75. The summed E-state index contributed by atoms with van der Waals surface area (Å²) in [4.78, 5) is 11.8. The van der Waals surface area contributed by atoms with Crippen molar-refractivity contribution in [2.75, 3.05) is 26.9 Å². The zero-order valence-corrected chi connectivity index (χ0v) is 21.9. The Kier molecular flexibility index (Phi) is 10.5. The standard InChI is InChI=1S/C30H36O7/c1-5-35-29(16-30(33)34-4)23-11-13-25(14-12-23)36-19-27-20(2)26(22-9-7-6-8-10-22)15-28(21(27)3)37-18-24(32)17-31/h6-15,24,29,31-32H,5,16-19H2,1-4H3/t24-,29+/m1/s1. The molecule has 7 heteroatoms. The van der Waals surface area contributed by atoms with E-state index in [0.29, 0.717) is 24.7 Å². The lowest BCUT2D eigenvalue weighted by molar-refractivity contribution is -0.143. The van der Waals surface area contributed by atoms with Crippen LogP contribution in [0.1, 0.15) is 41.7 Å². The van der Waals surface area contributed by atoms with Crippen LogP contribution in [-0.2, 0) is 20.9 Å². The minimum Gasteiger partial charge on any atom is -0.490 e. The molecule has 3 aromatic carbocycles. The number of benzene rings is 3. The predicted octanol–water partition coefficient (Wildman–Crippen LogP) is 4.92. The second-order valence-corrected chi connectivity index (χ2v) is 8.75. The number of hydrogen-bond donors (Lipinski definition) is 2. The van der Waals surface area contributed by atoms with E-state index in [1.165, 1.54) is 7.11 Å². The highest BCUT2D eigenvalue weighted by atomic mass is 16.5. The molecule has 198 valence electrons. The van der Waals surface area contributed by atoms with Gasteiger partial charge in [0.25, 0.3) is 0 Å². The number of carbonyl (C=O) groups excluding carboxylic acids is 1. The van der Waals surface area contributed by atoms with Crippen LogP contribution in [0.3, 0.4) is 0 Å². The Bertz CT molecular complexity index is 1140. The maximum atomic E-state index is 11.8. The summed E-state index contributed by atoms with van der Waals surface area (Å²) in [6, 6.07) is 19.5. The second kappa shape index (κ2) is 13.8. The van der Waals surface area contributed by atoms with Gasteiger partial charge in [0.05, 0.1) is 26.2 Å². The van der Waals surface area contributed by atoms with E-state index in [1.807, 2.05) is 74.5 Å². The van der Waals surface area contributed by atoms with Gasteiger partial charge in [-0.15, -0.1) is 0 Å². The fourth-order valence-corrected chi connectivity index (χ4v) is 4.11. The Balaban J connectivity index is 1.85. The number of hydrogen-bond acceptors (Lipinski definition) is 7. The molecule has 0 aliphatic heterocycles. The van der Waals surface area contributed by atoms with Crippen LogP contribution in [0.5, 0.6) is 11.5 Å². The van der Waals surface area contributed by atoms with Gasteiger partial charge in [0, 0.05) is 6.61 Å². The van der Waals surface area contributed by atoms with Gasteiger partial charge in [-0.1, -0.05) is 42.5 Å². The van der Waals surface area contributed by atoms with E-state index in [0.717, 1.165) is 33.4 Å². The molecule has 7 nitrogen and oxygen atoms in total. The zero-order valence-electron chi connectivity index (χ0n) is 21.9. The van der Waals surface area contributed by atoms with Crippen molar-refractivity contribution in [1.29, 1.82) is 0 Å². The van der Waals surface area contributed by atoms with Crippen molar-refractivity contribution in [3.63, 3.8) is 0 Å². The minimum atomic E-state index is -0.959. The number of aliphatic hydroxyl groups excluding tert-OH is 2. The van der Waals surface area contributed by atoms with Crippen molar-refractivity contribution in [2.45, 2.75) is 46.0 Å². The number of carbonyl (C=O) groups is 1. The van der Waals surface area contributed by atoms with E-state index < -0.39 is 6.10 Å². The van der Waals surface area contributed by atoms with Crippen LogP contribution in [0.2, 0.25) is 0 Å². The summed E-state index contributed by atoms with van der Waals surface area (Å²) < 4.78 is 22.6. The molecule has 0 unspecified atom stereocenters. The third-order valence-electron chi connectivity index (χ3n) is 6.26. The third-order valence-corrected chi connectivity index (χ3v) is 6.26. The Morgan fingerprint density at radius 1 is 0.973 bits per heavy atom. The number of esters is 1. The average Bonchev–Trinajstić information content (AvgIpc) is 2.92. The monoisotopic (exact) mass is 508 g/mol. The molecule has 0 aromatic heterocycles. The van der Waals surface area contributed by atoms with Gasteiger partial charge in [0.15, 0.2) is 0 Å². The van der Waals surface area contributed by atoms with Gasteiger partial charge < -0.3 is 29.2 Å². The Morgan fingerprint density at radius 3 is 2.30 bits per heavy atom. The SMILES string of the molecule is CCO[C@@H](CC(=O)OC)c1ccc(OCc2c(C)c(OC[C@H](O)CO)cc(-c3ccccc3)c2C)cc1. The van der Waals surface area contributed by atoms with Crippen molar-refractivity contribution in [3.05, 3.63) is 82.9 Å². The van der Waals surface area contributed by atoms with Crippen molar-refractivity contribution in [2.24, 2.45) is 0 Å². The van der Waals surface area contributed by atoms with Crippen LogP contribution >= 0.6 is 0 Å². The van der Waals surface area contributed by atoms with Gasteiger partial charge in [-0.2, -0.15) is 0 Å². The van der Waals surface area contributed by atoms with E-state index >= 15 is 0 Å². The van der Waals surface area contributed by atoms with Gasteiger partial charge >= 0.3 is 5.97 Å². The van der Waals surface area contributed by atoms with E-state index in [4.69, 9.17) is 18.9 Å². The Labute approximate surface area is 218 Å². The molecular weight excluding hydrogens is 472 g/mol. The quantitative estimate of drug-likeness (QED) is 0.317. The van der Waals surface area contributed by atoms with Crippen LogP contribution in [0.4, 0.5) is 0 Å². The molecular formula is C30H36O7. The number of ether oxygens (including phenoxy) is 4. The van der Waals surface area contributed by atoms with Crippen LogP contribution in [-0.4, -0.2) is 49.2 Å². The predicted molar refractivity (Wildman–Crippen MR) is 142 cm³/mol. The van der Waals surface area contributed by atoms with Crippen LogP contribution in [0.15, 0.2) is 60.7 Å². The summed E-state index contributed by atoms with van der Waals surface area (Å²) in [6.45, 7) is 6.32. The lowest BCUT2D eigenvalue weighted by atomic mass is 9.92. The maximum Gasteiger partial charge on any atom is 0.308 e. The molecule has 2 N–H and O–H groups in total. The normalized spacial score (nSPS) is 12.6. The molecule has 0 fully saturated rings. The first-order valence-electron chi connectivity index (χ1n) is 12.4. The van der Waals surface area contributed by atoms with E-state index in [2.05, 4.69) is 6.92 Å². The van der Waals surface area contributed by atoms with Gasteiger partial charge in [-0.05, 0) is 72.4 Å². The average molecular weight is 509 g/mol. The smallest absolute Gasteiger partial charge is 0.308 e. The topological polar surface area (TPSA) is 94.5 Å². The fraction of sp³-hybridized carbons (Fsp3) is 0.367. The highest BCUT2D eigenvalue weighted by molar-refractivity contribution is 5.72. The zero-order chi connectivity index (χ0) is 26.8. The van der Waals surface area contributed by atoms with Crippen molar-refractivity contribution in [3.8, 4) is 22.6 Å². The molecule has 0 radical (unpaired) electrons. The summed E-state index contributed by atoms with van der Waals surface area (Å²) in [6.07, 6.45) is -1.20. The highest BCUT2D eigenvalue weighted by Crippen LogP contribution is 2.35. The maximum absolute atomic E-state index is 11.8. The molecule has 0 saturated heterocycles. The third kappa shape index (κ3) is 7.55. The van der Waals surface area contributed by atoms with Gasteiger partial charge in [-0.3, -0.25) is 4.79 Å². The number of rotatable bonds is 13. The highest BCUT2D eigenvalue weighted by Gasteiger charge is 2.18. The van der Waals surface area contributed by atoms with Gasteiger partial charge in [-0.25, -0.2) is 0 Å². The number of aliphatic hydroxyl groups is 2. The molecule has 0 saturated carbocycles. The van der Waals surface area contributed by atoms with Crippen molar-refractivity contribution < 1.29 is 34.0 Å². The fourth-order valence-electron chi connectivity index (χ4n) is 4.11.